The summed E-state index contributed by atoms with van der Waals surface area (Å²) in [5, 5.41) is 7.68. The third-order valence-corrected chi connectivity index (χ3v) is 5.41. The standard InChI is InChI=1S/C20H23N5O2/c1-14-21-10-13-24(14)12-9-15-6-4-5-11-25(15)20(27)18-16-7-2-3-8-17(16)19(26)23-22-18/h2-3,7-8,10,13,15H,4-6,9,11-12H2,1H3,(H,23,26)/t15-/m1/s1. The van der Waals surface area contributed by atoms with Crippen LogP contribution in [-0.2, 0) is 6.54 Å². The Morgan fingerprint density at radius 2 is 2.07 bits per heavy atom. The van der Waals surface area contributed by atoms with E-state index in [1.165, 1.54) is 0 Å². The van der Waals surface area contributed by atoms with E-state index in [1.807, 2.05) is 24.1 Å². The van der Waals surface area contributed by atoms with Gasteiger partial charge in [-0.25, -0.2) is 10.1 Å². The van der Waals surface area contributed by atoms with Gasteiger partial charge in [-0.05, 0) is 38.7 Å². The van der Waals surface area contributed by atoms with E-state index in [-0.39, 0.29) is 17.5 Å². The van der Waals surface area contributed by atoms with E-state index < -0.39 is 0 Å². The monoisotopic (exact) mass is 365 g/mol. The summed E-state index contributed by atoms with van der Waals surface area (Å²) in [5.41, 5.74) is 0.0591. The predicted octanol–water partition coefficient (Wildman–Crippen LogP) is 2.51. The minimum atomic E-state index is -0.270. The summed E-state index contributed by atoms with van der Waals surface area (Å²) in [6.45, 7) is 3.54. The van der Waals surface area contributed by atoms with Gasteiger partial charge in [0.05, 0.1) is 5.39 Å². The second kappa shape index (κ2) is 7.34. The Labute approximate surface area is 157 Å². The van der Waals surface area contributed by atoms with Crippen LogP contribution in [0.5, 0.6) is 0 Å². The number of nitrogens with zero attached hydrogens (tertiary/aromatic N) is 4. The van der Waals surface area contributed by atoms with Crippen molar-refractivity contribution in [3.63, 3.8) is 0 Å². The molecular weight excluding hydrogens is 342 g/mol. The minimum absolute atomic E-state index is 0.102. The number of hydrogen-bond acceptors (Lipinski definition) is 4. The molecule has 0 radical (unpaired) electrons. The molecule has 1 fully saturated rings. The Bertz CT molecular complexity index is 1020. The van der Waals surface area contributed by atoms with E-state index in [0.29, 0.717) is 16.5 Å². The lowest BCUT2D eigenvalue weighted by Crippen LogP contribution is -2.44. The number of aromatic nitrogens is 4. The molecule has 140 valence electrons. The number of H-pyrrole nitrogens is 1. The highest BCUT2D eigenvalue weighted by molar-refractivity contribution is 6.04. The molecule has 0 unspecified atom stereocenters. The molecule has 0 saturated carbocycles. The Balaban J connectivity index is 1.60. The van der Waals surface area contributed by atoms with Crippen molar-refractivity contribution in [3.8, 4) is 0 Å². The maximum absolute atomic E-state index is 13.3. The first kappa shape index (κ1) is 17.5. The molecule has 1 aromatic carbocycles. The van der Waals surface area contributed by atoms with Gasteiger partial charge in [-0.3, -0.25) is 9.59 Å². The summed E-state index contributed by atoms with van der Waals surface area (Å²) in [7, 11) is 0. The molecule has 0 aliphatic carbocycles. The van der Waals surface area contributed by atoms with Gasteiger partial charge in [0, 0.05) is 36.9 Å². The van der Waals surface area contributed by atoms with Crippen molar-refractivity contribution in [1.29, 1.82) is 0 Å². The van der Waals surface area contributed by atoms with Crippen molar-refractivity contribution in [3.05, 3.63) is 58.5 Å². The van der Waals surface area contributed by atoms with Crippen LogP contribution in [0.3, 0.4) is 0 Å². The number of nitrogens with one attached hydrogen (secondary N) is 1. The fourth-order valence-corrected chi connectivity index (χ4v) is 3.91. The van der Waals surface area contributed by atoms with Crippen molar-refractivity contribution < 1.29 is 4.79 Å². The lowest BCUT2D eigenvalue weighted by Gasteiger charge is -2.36. The molecule has 1 atom stereocenters. The topological polar surface area (TPSA) is 83.9 Å². The van der Waals surface area contributed by atoms with Crippen molar-refractivity contribution in [2.45, 2.75) is 45.2 Å². The van der Waals surface area contributed by atoms with Gasteiger partial charge in [0.1, 0.15) is 5.82 Å². The van der Waals surface area contributed by atoms with Gasteiger partial charge in [0.25, 0.3) is 11.5 Å². The molecular formula is C20H23N5O2. The van der Waals surface area contributed by atoms with Crippen LogP contribution in [-0.4, -0.2) is 43.1 Å². The summed E-state index contributed by atoms with van der Waals surface area (Å²) < 4.78 is 2.12. The molecule has 1 amide bonds. The molecule has 3 heterocycles. The maximum atomic E-state index is 13.3. The van der Waals surface area contributed by atoms with E-state index in [9.17, 15) is 9.59 Å². The molecule has 27 heavy (non-hydrogen) atoms. The molecule has 7 nitrogen and oxygen atoms in total. The Hall–Kier alpha value is -2.96. The van der Waals surface area contributed by atoms with E-state index in [4.69, 9.17) is 0 Å². The lowest BCUT2D eigenvalue weighted by molar-refractivity contribution is 0.0590. The first-order valence-electron chi connectivity index (χ1n) is 9.41. The molecule has 2 aromatic heterocycles. The number of rotatable bonds is 4. The molecule has 1 saturated heterocycles. The van der Waals surface area contributed by atoms with Crippen LogP contribution in [0.4, 0.5) is 0 Å². The van der Waals surface area contributed by atoms with Crippen LogP contribution in [0.1, 0.15) is 42.0 Å². The largest absolute Gasteiger partial charge is 0.335 e. The number of hydrogen-bond donors (Lipinski definition) is 1. The molecule has 4 rings (SSSR count). The molecule has 0 spiro atoms. The SMILES string of the molecule is Cc1nccn1CC[C@H]1CCCCN1C(=O)c1n[nH]c(=O)c2ccccc12. The van der Waals surface area contributed by atoms with Gasteiger partial charge in [0.15, 0.2) is 5.69 Å². The molecule has 1 N–H and O–H groups in total. The number of amides is 1. The van der Waals surface area contributed by atoms with Crippen molar-refractivity contribution in [2.24, 2.45) is 0 Å². The third kappa shape index (κ3) is 3.37. The highest BCUT2D eigenvalue weighted by Gasteiger charge is 2.29. The summed E-state index contributed by atoms with van der Waals surface area (Å²) in [6.07, 6.45) is 7.76. The van der Waals surface area contributed by atoms with Crippen LogP contribution < -0.4 is 5.56 Å². The number of imidazole rings is 1. The Morgan fingerprint density at radius 3 is 2.85 bits per heavy atom. The quantitative estimate of drug-likeness (QED) is 0.770. The van der Waals surface area contributed by atoms with Gasteiger partial charge in [-0.2, -0.15) is 5.10 Å². The average Bonchev–Trinajstić information content (AvgIpc) is 3.11. The zero-order chi connectivity index (χ0) is 18.8. The van der Waals surface area contributed by atoms with Crippen LogP contribution in [0.25, 0.3) is 10.8 Å². The van der Waals surface area contributed by atoms with E-state index >= 15 is 0 Å². The number of likely N-dealkylation sites (tertiary alicyclic amines) is 1. The Morgan fingerprint density at radius 1 is 1.26 bits per heavy atom. The van der Waals surface area contributed by atoms with E-state index in [1.54, 1.807) is 24.4 Å². The maximum Gasteiger partial charge on any atom is 0.275 e. The average molecular weight is 365 g/mol. The number of aromatic amines is 1. The summed E-state index contributed by atoms with van der Waals surface area (Å²) in [5.74, 6) is 0.881. The second-order valence-electron chi connectivity index (χ2n) is 7.05. The molecule has 0 bridgehead atoms. The van der Waals surface area contributed by atoms with Crippen molar-refractivity contribution in [2.75, 3.05) is 6.54 Å². The van der Waals surface area contributed by atoms with Crippen molar-refractivity contribution in [1.82, 2.24) is 24.6 Å². The first-order valence-corrected chi connectivity index (χ1v) is 9.41. The molecule has 1 aliphatic rings. The number of benzene rings is 1. The highest BCUT2D eigenvalue weighted by atomic mass is 16.2. The van der Waals surface area contributed by atoms with Gasteiger partial charge in [-0.15, -0.1) is 0 Å². The normalized spacial score (nSPS) is 17.4. The van der Waals surface area contributed by atoms with Crippen LogP contribution >= 0.6 is 0 Å². The number of aryl methyl sites for hydroxylation is 2. The highest BCUT2D eigenvalue weighted by Crippen LogP contribution is 2.24. The fraction of sp³-hybridized carbons (Fsp3) is 0.400. The fourth-order valence-electron chi connectivity index (χ4n) is 3.91. The predicted molar refractivity (Wildman–Crippen MR) is 103 cm³/mol. The van der Waals surface area contributed by atoms with E-state index in [2.05, 4.69) is 19.7 Å². The van der Waals surface area contributed by atoms with Crippen LogP contribution in [0, 0.1) is 6.92 Å². The molecule has 7 heteroatoms. The summed E-state index contributed by atoms with van der Waals surface area (Å²) in [6, 6.07) is 7.31. The van der Waals surface area contributed by atoms with Crippen LogP contribution in [0.15, 0.2) is 41.5 Å². The van der Waals surface area contributed by atoms with Gasteiger partial charge < -0.3 is 9.47 Å². The van der Waals surface area contributed by atoms with Gasteiger partial charge >= 0.3 is 0 Å². The second-order valence-corrected chi connectivity index (χ2v) is 7.05. The first-order chi connectivity index (χ1) is 13.1. The zero-order valence-corrected chi connectivity index (χ0v) is 15.4. The lowest BCUT2D eigenvalue weighted by atomic mass is 9.98. The molecule has 1 aliphatic heterocycles. The number of fused-ring (bicyclic) bond motifs is 1. The number of piperidine rings is 1. The summed E-state index contributed by atoms with van der Waals surface area (Å²) in [4.78, 5) is 31.5. The number of carbonyl (C=O) groups is 1. The minimum Gasteiger partial charge on any atom is -0.335 e. The van der Waals surface area contributed by atoms with Crippen molar-refractivity contribution >= 4 is 16.7 Å². The zero-order valence-electron chi connectivity index (χ0n) is 15.4. The number of carbonyl (C=O) groups excluding carboxylic acids is 1. The molecule has 3 aromatic rings. The van der Waals surface area contributed by atoms with Crippen LogP contribution in [0.2, 0.25) is 0 Å². The Kier molecular flexibility index (Phi) is 4.75. The van der Waals surface area contributed by atoms with E-state index in [0.717, 1.165) is 44.6 Å². The van der Waals surface area contributed by atoms with Gasteiger partial charge in [0.2, 0.25) is 0 Å². The smallest absolute Gasteiger partial charge is 0.275 e. The van der Waals surface area contributed by atoms with Gasteiger partial charge in [-0.1, -0.05) is 18.2 Å². The third-order valence-electron chi connectivity index (χ3n) is 5.41. The summed E-state index contributed by atoms with van der Waals surface area (Å²) >= 11 is 0.